The highest BCUT2D eigenvalue weighted by Gasteiger charge is 2.41. The zero-order valence-electron chi connectivity index (χ0n) is 12.1. The molecule has 3 fully saturated rings. The van der Waals surface area contributed by atoms with Crippen LogP contribution in [-0.2, 0) is 4.74 Å². The van der Waals surface area contributed by atoms with E-state index in [4.69, 9.17) is 9.84 Å². The first-order valence-electron chi connectivity index (χ1n) is 8.30. The molecule has 3 nitrogen and oxygen atoms in total. The second kappa shape index (κ2) is 6.11. The lowest BCUT2D eigenvalue weighted by Gasteiger charge is -2.46. The molecule has 2 unspecified atom stereocenters. The average Bonchev–Trinajstić information content (AvgIpc) is 2.89. The van der Waals surface area contributed by atoms with Crippen molar-refractivity contribution < 1.29 is 9.84 Å². The van der Waals surface area contributed by atoms with Crippen LogP contribution in [0, 0.1) is 5.92 Å². The predicted octanol–water partition coefficient (Wildman–Crippen LogP) is 2.57. The highest BCUT2D eigenvalue weighted by molar-refractivity contribution is 4.94. The smallest absolute Gasteiger partial charge is 0.0697 e. The molecule has 1 spiro atoms. The molecule has 2 atom stereocenters. The van der Waals surface area contributed by atoms with Gasteiger partial charge in [-0.05, 0) is 51.0 Å². The molecule has 3 heteroatoms. The van der Waals surface area contributed by atoms with Gasteiger partial charge in [-0.2, -0.15) is 0 Å². The quantitative estimate of drug-likeness (QED) is 0.853. The van der Waals surface area contributed by atoms with E-state index in [2.05, 4.69) is 4.90 Å². The van der Waals surface area contributed by atoms with Gasteiger partial charge in [0, 0.05) is 25.8 Å². The summed E-state index contributed by atoms with van der Waals surface area (Å²) in [5.74, 6) is 0.732. The van der Waals surface area contributed by atoms with Crippen LogP contribution in [0.5, 0.6) is 0 Å². The summed E-state index contributed by atoms with van der Waals surface area (Å²) in [6.45, 7) is 3.77. The van der Waals surface area contributed by atoms with Crippen LogP contribution in [0.4, 0.5) is 0 Å². The topological polar surface area (TPSA) is 32.7 Å². The molecule has 110 valence electrons. The summed E-state index contributed by atoms with van der Waals surface area (Å²) in [5, 5.41) is 9.08. The first-order chi connectivity index (χ1) is 9.31. The van der Waals surface area contributed by atoms with Crippen molar-refractivity contribution in [3.8, 4) is 0 Å². The molecule has 2 saturated heterocycles. The standard InChI is InChI=1S/C16H29NO2/c18-10-5-14-4-9-17(13-14)15-6-11-19-16(12-15)7-2-1-3-8-16/h14-15,18H,1-13H2. The van der Waals surface area contributed by atoms with Crippen molar-refractivity contribution in [2.24, 2.45) is 5.92 Å². The Hall–Kier alpha value is -0.120. The third kappa shape index (κ3) is 3.14. The van der Waals surface area contributed by atoms with Gasteiger partial charge in [-0.15, -0.1) is 0 Å². The number of aliphatic hydroxyl groups is 1. The summed E-state index contributed by atoms with van der Waals surface area (Å²) < 4.78 is 6.20. The normalized spacial score (nSPS) is 35.8. The van der Waals surface area contributed by atoms with Gasteiger partial charge in [0.25, 0.3) is 0 Å². The van der Waals surface area contributed by atoms with Crippen molar-refractivity contribution in [2.75, 3.05) is 26.3 Å². The first kappa shape index (κ1) is 13.8. The van der Waals surface area contributed by atoms with Crippen LogP contribution in [0.3, 0.4) is 0 Å². The summed E-state index contributed by atoms with van der Waals surface area (Å²) in [6.07, 6.45) is 11.5. The number of hydrogen-bond donors (Lipinski definition) is 1. The molecular formula is C16H29NO2. The molecule has 3 aliphatic rings. The van der Waals surface area contributed by atoms with Crippen LogP contribution in [-0.4, -0.2) is 48.0 Å². The molecule has 0 bridgehead atoms. The lowest BCUT2D eigenvalue weighted by Crippen LogP contribution is -2.49. The summed E-state index contributed by atoms with van der Waals surface area (Å²) in [5.41, 5.74) is 0.232. The van der Waals surface area contributed by atoms with Crippen molar-refractivity contribution in [3.63, 3.8) is 0 Å². The summed E-state index contributed by atoms with van der Waals surface area (Å²) in [7, 11) is 0. The zero-order valence-corrected chi connectivity index (χ0v) is 12.1. The van der Waals surface area contributed by atoms with E-state index in [0.717, 1.165) is 25.0 Å². The Balaban J connectivity index is 1.56. The molecule has 1 N–H and O–H groups in total. The largest absolute Gasteiger partial charge is 0.396 e. The van der Waals surface area contributed by atoms with Crippen molar-refractivity contribution in [3.05, 3.63) is 0 Å². The molecule has 2 heterocycles. The fourth-order valence-electron chi connectivity index (χ4n) is 4.47. The Bertz CT molecular complexity index is 283. The maximum absolute atomic E-state index is 9.08. The fraction of sp³-hybridized carbons (Fsp3) is 1.00. The van der Waals surface area contributed by atoms with Gasteiger partial charge in [-0.25, -0.2) is 0 Å². The van der Waals surface area contributed by atoms with Gasteiger partial charge in [0.1, 0.15) is 0 Å². The van der Waals surface area contributed by atoms with Gasteiger partial charge in [0.15, 0.2) is 0 Å². The third-order valence-corrected chi connectivity index (χ3v) is 5.60. The Kier molecular flexibility index (Phi) is 4.45. The SMILES string of the molecule is OCCC1CCN(C2CCOC3(CCCCC3)C2)C1. The van der Waals surface area contributed by atoms with E-state index in [0.29, 0.717) is 6.61 Å². The minimum Gasteiger partial charge on any atom is -0.396 e. The van der Waals surface area contributed by atoms with Crippen molar-refractivity contribution in [1.29, 1.82) is 0 Å². The van der Waals surface area contributed by atoms with Crippen molar-refractivity contribution in [1.82, 2.24) is 4.90 Å². The van der Waals surface area contributed by atoms with E-state index in [9.17, 15) is 0 Å². The fourth-order valence-corrected chi connectivity index (χ4v) is 4.47. The van der Waals surface area contributed by atoms with Crippen LogP contribution >= 0.6 is 0 Å². The summed E-state index contributed by atoms with van der Waals surface area (Å²) in [4.78, 5) is 2.69. The Morgan fingerprint density at radius 2 is 2.00 bits per heavy atom. The van der Waals surface area contributed by atoms with Crippen LogP contribution in [0.15, 0.2) is 0 Å². The molecule has 0 aromatic heterocycles. The molecule has 0 aromatic rings. The molecule has 3 rings (SSSR count). The molecule has 1 aliphatic carbocycles. The van der Waals surface area contributed by atoms with Crippen LogP contribution < -0.4 is 0 Å². The van der Waals surface area contributed by atoms with E-state index in [1.165, 1.54) is 64.5 Å². The van der Waals surface area contributed by atoms with E-state index < -0.39 is 0 Å². The summed E-state index contributed by atoms with van der Waals surface area (Å²) in [6, 6.07) is 0.746. The predicted molar refractivity (Wildman–Crippen MR) is 76.2 cm³/mol. The second-order valence-corrected chi connectivity index (χ2v) is 6.90. The van der Waals surface area contributed by atoms with Gasteiger partial charge in [-0.1, -0.05) is 19.3 Å². The van der Waals surface area contributed by atoms with Crippen LogP contribution in [0.25, 0.3) is 0 Å². The van der Waals surface area contributed by atoms with E-state index >= 15 is 0 Å². The Labute approximate surface area is 117 Å². The van der Waals surface area contributed by atoms with Gasteiger partial charge in [0.2, 0.25) is 0 Å². The molecule has 2 aliphatic heterocycles. The Morgan fingerprint density at radius 1 is 1.16 bits per heavy atom. The number of rotatable bonds is 3. The van der Waals surface area contributed by atoms with Gasteiger partial charge < -0.3 is 9.84 Å². The van der Waals surface area contributed by atoms with Crippen LogP contribution in [0.2, 0.25) is 0 Å². The minimum atomic E-state index is 0.232. The number of aliphatic hydroxyl groups excluding tert-OH is 1. The van der Waals surface area contributed by atoms with Gasteiger partial charge in [-0.3, -0.25) is 4.90 Å². The number of hydrogen-bond acceptors (Lipinski definition) is 3. The Morgan fingerprint density at radius 3 is 2.79 bits per heavy atom. The highest BCUT2D eigenvalue weighted by atomic mass is 16.5. The van der Waals surface area contributed by atoms with E-state index in [-0.39, 0.29) is 5.60 Å². The maximum Gasteiger partial charge on any atom is 0.0697 e. The maximum atomic E-state index is 9.08. The van der Waals surface area contributed by atoms with Crippen molar-refractivity contribution in [2.45, 2.75) is 69.4 Å². The second-order valence-electron chi connectivity index (χ2n) is 6.90. The lowest BCUT2D eigenvalue weighted by molar-refractivity contribution is -0.122. The molecule has 0 amide bonds. The summed E-state index contributed by atoms with van der Waals surface area (Å²) >= 11 is 0. The van der Waals surface area contributed by atoms with Gasteiger partial charge >= 0.3 is 0 Å². The number of likely N-dealkylation sites (tertiary alicyclic amines) is 1. The van der Waals surface area contributed by atoms with E-state index in [1.807, 2.05) is 0 Å². The minimum absolute atomic E-state index is 0.232. The molecular weight excluding hydrogens is 238 g/mol. The van der Waals surface area contributed by atoms with E-state index in [1.54, 1.807) is 0 Å². The van der Waals surface area contributed by atoms with Crippen LogP contribution in [0.1, 0.15) is 57.8 Å². The average molecular weight is 267 g/mol. The van der Waals surface area contributed by atoms with Crippen molar-refractivity contribution >= 4 is 0 Å². The molecule has 1 saturated carbocycles. The zero-order chi connectivity index (χ0) is 13.1. The monoisotopic (exact) mass is 267 g/mol. The number of ether oxygens (including phenoxy) is 1. The molecule has 0 radical (unpaired) electrons. The number of nitrogens with zero attached hydrogens (tertiary/aromatic N) is 1. The third-order valence-electron chi connectivity index (χ3n) is 5.60. The first-order valence-corrected chi connectivity index (χ1v) is 8.30. The molecule has 0 aromatic carbocycles. The van der Waals surface area contributed by atoms with Gasteiger partial charge in [0.05, 0.1) is 5.60 Å². The molecule has 19 heavy (non-hydrogen) atoms. The highest BCUT2D eigenvalue weighted by Crippen LogP contribution is 2.40. The lowest BCUT2D eigenvalue weighted by atomic mass is 9.78.